The van der Waals surface area contributed by atoms with Crippen LogP contribution in [-0.4, -0.2) is 49.5 Å². The molecule has 0 aliphatic carbocycles. The average molecular weight is 173 g/mol. The van der Waals surface area contributed by atoms with Crippen molar-refractivity contribution in [2.75, 3.05) is 33.4 Å². The highest BCUT2D eigenvalue weighted by molar-refractivity contribution is 4.79. The molecule has 3 heteroatoms. The topological polar surface area (TPSA) is 32.7 Å². The molecule has 1 fully saturated rings. The Morgan fingerprint density at radius 1 is 1.67 bits per heavy atom. The lowest BCUT2D eigenvalue weighted by atomic mass is 10.0. The summed E-state index contributed by atoms with van der Waals surface area (Å²) in [6.07, 6.45) is 0.838. The summed E-state index contributed by atoms with van der Waals surface area (Å²) in [6, 6.07) is 0. The van der Waals surface area contributed by atoms with Gasteiger partial charge < -0.3 is 14.7 Å². The number of methoxy groups -OCH3 is 1. The fourth-order valence-electron chi connectivity index (χ4n) is 1.77. The number of hydrogen-bond donors (Lipinski definition) is 1. The maximum atomic E-state index is 9.61. The van der Waals surface area contributed by atoms with Crippen LogP contribution in [0.1, 0.15) is 13.3 Å². The molecule has 0 saturated carbocycles. The molecule has 1 aliphatic heterocycles. The largest absolute Gasteiger partial charge is 0.390 e. The Bertz CT molecular complexity index is 130. The molecular weight excluding hydrogens is 154 g/mol. The number of nitrogens with zero attached hydrogens (tertiary/aromatic N) is 1. The van der Waals surface area contributed by atoms with Crippen LogP contribution in [0.25, 0.3) is 0 Å². The van der Waals surface area contributed by atoms with Gasteiger partial charge >= 0.3 is 0 Å². The van der Waals surface area contributed by atoms with Crippen LogP contribution in [0.3, 0.4) is 0 Å². The minimum absolute atomic E-state index is 0.272. The van der Waals surface area contributed by atoms with Crippen molar-refractivity contribution in [3.8, 4) is 0 Å². The van der Waals surface area contributed by atoms with Gasteiger partial charge in [0.15, 0.2) is 0 Å². The van der Waals surface area contributed by atoms with Gasteiger partial charge in [0.2, 0.25) is 0 Å². The maximum absolute atomic E-state index is 9.61. The SMILES string of the molecule is CCN1CCC(C(O)COC)C1. The Labute approximate surface area is 74.3 Å². The second kappa shape index (κ2) is 4.80. The molecule has 0 aromatic carbocycles. The zero-order valence-electron chi connectivity index (χ0n) is 7.99. The quantitative estimate of drug-likeness (QED) is 0.665. The van der Waals surface area contributed by atoms with E-state index in [4.69, 9.17) is 4.74 Å². The van der Waals surface area contributed by atoms with Crippen LogP contribution in [0.2, 0.25) is 0 Å². The van der Waals surface area contributed by atoms with E-state index in [1.54, 1.807) is 7.11 Å². The summed E-state index contributed by atoms with van der Waals surface area (Å²) in [5.41, 5.74) is 0. The lowest BCUT2D eigenvalue weighted by molar-refractivity contribution is 0.0280. The maximum Gasteiger partial charge on any atom is 0.0814 e. The molecule has 0 aromatic rings. The molecule has 72 valence electrons. The first-order valence-electron chi connectivity index (χ1n) is 4.67. The van der Waals surface area contributed by atoms with Gasteiger partial charge in [-0.1, -0.05) is 6.92 Å². The number of likely N-dealkylation sites (tertiary alicyclic amines) is 1. The molecule has 1 saturated heterocycles. The number of aliphatic hydroxyl groups is 1. The minimum atomic E-state index is -0.272. The van der Waals surface area contributed by atoms with Gasteiger partial charge in [0.05, 0.1) is 12.7 Å². The van der Waals surface area contributed by atoms with Gasteiger partial charge in [0.1, 0.15) is 0 Å². The van der Waals surface area contributed by atoms with Crippen molar-refractivity contribution in [2.24, 2.45) is 5.92 Å². The summed E-state index contributed by atoms with van der Waals surface area (Å²) in [7, 11) is 1.63. The van der Waals surface area contributed by atoms with Crippen molar-refractivity contribution >= 4 is 0 Å². The lowest BCUT2D eigenvalue weighted by Gasteiger charge is -2.17. The molecule has 0 aromatic heterocycles. The molecule has 1 heterocycles. The summed E-state index contributed by atoms with van der Waals surface area (Å²) in [5, 5.41) is 9.61. The van der Waals surface area contributed by atoms with E-state index in [0.29, 0.717) is 12.5 Å². The van der Waals surface area contributed by atoms with Crippen molar-refractivity contribution in [1.82, 2.24) is 4.90 Å². The van der Waals surface area contributed by atoms with E-state index in [9.17, 15) is 5.11 Å². The van der Waals surface area contributed by atoms with Crippen LogP contribution in [0.4, 0.5) is 0 Å². The van der Waals surface area contributed by atoms with Gasteiger partial charge in [-0.15, -0.1) is 0 Å². The lowest BCUT2D eigenvalue weighted by Crippen LogP contribution is -2.28. The van der Waals surface area contributed by atoms with Crippen LogP contribution < -0.4 is 0 Å². The van der Waals surface area contributed by atoms with Crippen LogP contribution in [0.15, 0.2) is 0 Å². The third-order valence-corrected chi connectivity index (χ3v) is 2.64. The fraction of sp³-hybridized carbons (Fsp3) is 1.00. The molecule has 2 unspecified atom stereocenters. The summed E-state index contributed by atoms with van der Waals surface area (Å²) in [4.78, 5) is 2.36. The van der Waals surface area contributed by atoms with Crippen molar-refractivity contribution in [2.45, 2.75) is 19.4 Å². The van der Waals surface area contributed by atoms with Gasteiger partial charge in [0, 0.05) is 19.6 Å². The number of ether oxygens (including phenoxy) is 1. The van der Waals surface area contributed by atoms with E-state index in [1.165, 1.54) is 0 Å². The smallest absolute Gasteiger partial charge is 0.0814 e. The summed E-state index contributed by atoms with van der Waals surface area (Å²) < 4.78 is 4.92. The molecule has 2 atom stereocenters. The predicted octanol–water partition coefficient (Wildman–Crippen LogP) is 0.335. The first kappa shape index (κ1) is 9.96. The van der Waals surface area contributed by atoms with Gasteiger partial charge in [-0.3, -0.25) is 0 Å². The summed E-state index contributed by atoms with van der Waals surface area (Å²) in [5.74, 6) is 0.421. The van der Waals surface area contributed by atoms with E-state index < -0.39 is 0 Å². The Balaban J connectivity index is 2.25. The first-order chi connectivity index (χ1) is 5.77. The van der Waals surface area contributed by atoms with Gasteiger partial charge in [-0.2, -0.15) is 0 Å². The third-order valence-electron chi connectivity index (χ3n) is 2.64. The Kier molecular flexibility index (Phi) is 3.98. The summed E-state index contributed by atoms with van der Waals surface area (Å²) >= 11 is 0. The molecule has 1 N–H and O–H groups in total. The number of aliphatic hydroxyl groups excluding tert-OH is 1. The zero-order valence-corrected chi connectivity index (χ0v) is 7.99. The number of rotatable bonds is 4. The van der Waals surface area contributed by atoms with E-state index in [-0.39, 0.29) is 6.10 Å². The van der Waals surface area contributed by atoms with Gasteiger partial charge in [-0.25, -0.2) is 0 Å². The van der Waals surface area contributed by atoms with Crippen LogP contribution in [-0.2, 0) is 4.74 Å². The van der Waals surface area contributed by atoms with Crippen molar-refractivity contribution in [1.29, 1.82) is 0 Å². The molecular formula is C9H19NO2. The molecule has 1 aliphatic rings. The molecule has 1 rings (SSSR count). The third kappa shape index (κ3) is 2.44. The minimum Gasteiger partial charge on any atom is -0.390 e. The number of hydrogen-bond acceptors (Lipinski definition) is 3. The normalized spacial score (nSPS) is 27.8. The van der Waals surface area contributed by atoms with E-state index in [0.717, 1.165) is 26.1 Å². The second-order valence-electron chi connectivity index (χ2n) is 3.46. The van der Waals surface area contributed by atoms with Gasteiger partial charge in [0.25, 0.3) is 0 Å². The monoisotopic (exact) mass is 173 g/mol. The molecule has 0 spiro atoms. The predicted molar refractivity (Wildman–Crippen MR) is 48.1 cm³/mol. The Morgan fingerprint density at radius 2 is 2.42 bits per heavy atom. The van der Waals surface area contributed by atoms with Crippen LogP contribution >= 0.6 is 0 Å². The Hall–Kier alpha value is -0.120. The van der Waals surface area contributed by atoms with E-state index in [2.05, 4.69) is 11.8 Å². The second-order valence-corrected chi connectivity index (χ2v) is 3.46. The van der Waals surface area contributed by atoms with E-state index in [1.807, 2.05) is 0 Å². The first-order valence-corrected chi connectivity index (χ1v) is 4.67. The Morgan fingerprint density at radius 3 is 2.92 bits per heavy atom. The highest BCUT2D eigenvalue weighted by Crippen LogP contribution is 2.19. The standard InChI is InChI=1S/C9H19NO2/c1-3-10-5-4-8(6-10)9(11)7-12-2/h8-9,11H,3-7H2,1-2H3. The summed E-state index contributed by atoms with van der Waals surface area (Å²) in [6.45, 7) is 5.88. The van der Waals surface area contributed by atoms with Gasteiger partial charge in [-0.05, 0) is 19.5 Å². The highest BCUT2D eigenvalue weighted by atomic mass is 16.5. The average Bonchev–Trinajstić information content (AvgIpc) is 2.52. The molecule has 0 amide bonds. The highest BCUT2D eigenvalue weighted by Gasteiger charge is 2.26. The molecule has 0 bridgehead atoms. The van der Waals surface area contributed by atoms with E-state index >= 15 is 0 Å². The fourth-order valence-corrected chi connectivity index (χ4v) is 1.77. The molecule has 12 heavy (non-hydrogen) atoms. The van der Waals surface area contributed by atoms with Crippen LogP contribution in [0.5, 0.6) is 0 Å². The molecule has 0 radical (unpaired) electrons. The zero-order chi connectivity index (χ0) is 8.97. The van der Waals surface area contributed by atoms with Crippen molar-refractivity contribution < 1.29 is 9.84 Å². The van der Waals surface area contributed by atoms with Crippen LogP contribution in [0, 0.1) is 5.92 Å². The van der Waals surface area contributed by atoms with Crippen molar-refractivity contribution in [3.05, 3.63) is 0 Å². The molecule has 3 nitrogen and oxygen atoms in total. The van der Waals surface area contributed by atoms with Crippen molar-refractivity contribution in [3.63, 3.8) is 0 Å².